The molecule has 2 rings (SSSR count). The highest BCUT2D eigenvalue weighted by Crippen LogP contribution is 2.30. The zero-order valence-corrected chi connectivity index (χ0v) is 14.4. The van der Waals surface area contributed by atoms with Crippen molar-refractivity contribution < 1.29 is 14.3 Å². The molecule has 1 amide bonds. The van der Waals surface area contributed by atoms with E-state index < -0.39 is 0 Å². The number of carbonyl (C=O) groups excluding carboxylic acids is 1. The SMILES string of the molecule is CCOc1ccc(NC(=O)CN2CCCCC2C)cc1OCC. The summed E-state index contributed by atoms with van der Waals surface area (Å²) in [7, 11) is 0. The Balaban J connectivity index is 1.98. The number of piperidine rings is 1. The average Bonchev–Trinajstić information content (AvgIpc) is 2.52. The van der Waals surface area contributed by atoms with E-state index >= 15 is 0 Å². The van der Waals surface area contributed by atoms with Gasteiger partial charge in [0.2, 0.25) is 5.91 Å². The second-order valence-electron chi connectivity index (χ2n) is 5.89. The summed E-state index contributed by atoms with van der Waals surface area (Å²) >= 11 is 0. The fraction of sp³-hybridized carbons (Fsp3) is 0.611. The Labute approximate surface area is 139 Å². The second kappa shape index (κ2) is 8.77. The number of benzene rings is 1. The van der Waals surface area contributed by atoms with E-state index in [1.807, 2.05) is 32.0 Å². The molecule has 128 valence electrons. The maximum absolute atomic E-state index is 12.3. The van der Waals surface area contributed by atoms with Crippen molar-refractivity contribution in [3.8, 4) is 11.5 Å². The van der Waals surface area contributed by atoms with Gasteiger partial charge in [0.05, 0.1) is 19.8 Å². The van der Waals surface area contributed by atoms with Gasteiger partial charge in [0.1, 0.15) is 0 Å². The number of hydrogen-bond donors (Lipinski definition) is 1. The molecule has 1 heterocycles. The third kappa shape index (κ3) is 5.13. The number of hydrogen-bond acceptors (Lipinski definition) is 4. The van der Waals surface area contributed by atoms with Crippen LogP contribution in [-0.2, 0) is 4.79 Å². The van der Waals surface area contributed by atoms with Gasteiger partial charge in [-0.3, -0.25) is 9.69 Å². The van der Waals surface area contributed by atoms with E-state index in [1.54, 1.807) is 0 Å². The van der Waals surface area contributed by atoms with Gasteiger partial charge >= 0.3 is 0 Å². The number of nitrogens with zero attached hydrogens (tertiary/aromatic N) is 1. The Morgan fingerprint density at radius 1 is 1.22 bits per heavy atom. The molecule has 1 saturated heterocycles. The highest BCUT2D eigenvalue weighted by Gasteiger charge is 2.20. The normalized spacial score (nSPS) is 18.5. The first kappa shape index (κ1) is 17.6. The summed E-state index contributed by atoms with van der Waals surface area (Å²) in [5.41, 5.74) is 0.742. The predicted molar refractivity (Wildman–Crippen MR) is 92.3 cm³/mol. The summed E-state index contributed by atoms with van der Waals surface area (Å²) in [6, 6.07) is 6.00. The van der Waals surface area contributed by atoms with Gasteiger partial charge in [-0.25, -0.2) is 0 Å². The molecule has 0 radical (unpaired) electrons. The summed E-state index contributed by atoms with van der Waals surface area (Å²) in [4.78, 5) is 14.5. The smallest absolute Gasteiger partial charge is 0.238 e. The van der Waals surface area contributed by atoms with Crippen LogP contribution in [0, 0.1) is 0 Å². The zero-order chi connectivity index (χ0) is 16.7. The average molecular weight is 320 g/mol. The van der Waals surface area contributed by atoms with Crippen molar-refractivity contribution in [1.82, 2.24) is 4.90 Å². The predicted octanol–water partition coefficient (Wildman–Crippen LogP) is 3.30. The van der Waals surface area contributed by atoms with Gasteiger partial charge in [-0.15, -0.1) is 0 Å². The van der Waals surface area contributed by atoms with Crippen LogP contribution in [0.3, 0.4) is 0 Å². The molecule has 0 saturated carbocycles. The molecule has 0 spiro atoms. The van der Waals surface area contributed by atoms with Crippen LogP contribution in [0.1, 0.15) is 40.0 Å². The third-order valence-corrected chi connectivity index (χ3v) is 4.11. The van der Waals surface area contributed by atoms with Gasteiger partial charge in [0.25, 0.3) is 0 Å². The van der Waals surface area contributed by atoms with Crippen LogP contribution in [0.25, 0.3) is 0 Å². The van der Waals surface area contributed by atoms with Crippen molar-refractivity contribution in [3.63, 3.8) is 0 Å². The van der Waals surface area contributed by atoms with Crippen LogP contribution in [0.5, 0.6) is 11.5 Å². The zero-order valence-electron chi connectivity index (χ0n) is 14.4. The molecule has 23 heavy (non-hydrogen) atoms. The summed E-state index contributed by atoms with van der Waals surface area (Å²) in [5, 5.41) is 2.96. The number of likely N-dealkylation sites (tertiary alicyclic amines) is 1. The van der Waals surface area contributed by atoms with Crippen LogP contribution in [-0.4, -0.2) is 43.2 Å². The lowest BCUT2D eigenvalue weighted by Gasteiger charge is -2.32. The number of nitrogens with one attached hydrogen (secondary N) is 1. The Bertz CT molecular complexity index is 519. The largest absolute Gasteiger partial charge is 0.490 e. The van der Waals surface area contributed by atoms with Gasteiger partial charge < -0.3 is 14.8 Å². The molecule has 1 aromatic carbocycles. The Morgan fingerprint density at radius 3 is 2.65 bits per heavy atom. The van der Waals surface area contributed by atoms with Crippen molar-refractivity contribution in [2.45, 2.75) is 46.1 Å². The molecule has 0 bridgehead atoms. The molecule has 5 nitrogen and oxygen atoms in total. The lowest BCUT2D eigenvalue weighted by Crippen LogP contribution is -2.42. The molecule has 0 aliphatic carbocycles. The van der Waals surface area contributed by atoms with Crippen molar-refractivity contribution in [1.29, 1.82) is 0 Å². The minimum absolute atomic E-state index is 0.0189. The highest BCUT2D eigenvalue weighted by molar-refractivity contribution is 5.92. The first-order valence-electron chi connectivity index (χ1n) is 8.57. The molecule has 1 aliphatic heterocycles. The van der Waals surface area contributed by atoms with E-state index in [2.05, 4.69) is 17.1 Å². The molecule has 0 aromatic heterocycles. The molecule has 1 unspecified atom stereocenters. The minimum Gasteiger partial charge on any atom is -0.490 e. The summed E-state index contributed by atoms with van der Waals surface area (Å²) in [5.74, 6) is 1.39. The van der Waals surface area contributed by atoms with Crippen molar-refractivity contribution in [3.05, 3.63) is 18.2 Å². The molecule has 1 fully saturated rings. The van der Waals surface area contributed by atoms with E-state index in [4.69, 9.17) is 9.47 Å². The Morgan fingerprint density at radius 2 is 1.96 bits per heavy atom. The summed E-state index contributed by atoms with van der Waals surface area (Å²) in [6.07, 6.45) is 3.61. The number of amides is 1. The maximum Gasteiger partial charge on any atom is 0.238 e. The third-order valence-electron chi connectivity index (χ3n) is 4.11. The lowest BCUT2D eigenvalue weighted by molar-refractivity contribution is -0.118. The molecule has 1 aliphatic rings. The van der Waals surface area contributed by atoms with E-state index in [0.29, 0.717) is 37.3 Å². The monoisotopic (exact) mass is 320 g/mol. The molecular formula is C18H28N2O3. The Hall–Kier alpha value is -1.75. The van der Waals surface area contributed by atoms with Gasteiger partial charge in [-0.2, -0.15) is 0 Å². The van der Waals surface area contributed by atoms with Crippen LogP contribution >= 0.6 is 0 Å². The van der Waals surface area contributed by atoms with Gasteiger partial charge in [-0.1, -0.05) is 6.42 Å². The van der Waals surface area contributed by atoms with Gasteiger partial charge in [-0.05, 0) is 52.3 Å². The highest BCUT2D eigenvalue weighted by atomic mass is 16.5. The molecular weight excluding hydrogens is 292 g/mol. The number of carbonyl (C=O) groups is 1. The summed E-state index contributed by atoms with van der Waals surface area (Å²) in [6.45, 7) is 8.64. The first-order chi connectivity index (χ1) is 11.1. The van der Waals surface area contributed by atoms with Gasteiger partial charge in [0, 0.05) is 17.8 Å². The van der Waals surface area contributed by atoms with E-state index in [9.17, 15) is 4.79 Å². The number of anilines is 1. The number of ether oxygens (including phenoxy) is 2. The quantitative estimate of drug-likeness (QED) is 0.837. The lowest BCUT2D eigenvalue weighted by atomic mass is 10.0. The van der Waals surface area contributed by atoms with Crippen LogP contribution < -0.4 is 14.8 Å². The molecule has 5 heteroatoms. The van der Waals surface area contributed by atoms with E-state index in [0.717, 1.165) is 12.2 Å². The second-order valence-corrected chi connectivity index (χ2v) is 5.89. The van der Waals surface area contributed by atoms with Crippen LogP contribution in [0.2, 0.25) is 0 Å². The first-order valence-corrected chi connectivity index (χ1v) is 8.57. The van der Waals surface area contributed by atoms with Crippen LogP contribution in [0.4, 0.5) is 5.69 Å². The van der Waals surface area contributed by atoms with Crippen LogP contribution in [0.15, 0.2) is 18.2 Å². The fourth-order valence-corrected chi connectivity index (χ4v) is 2.91. The maximum atomic E-state index is 12.3. The van der Waals surface area contributed by atoms with E-state index in [1.165, 1.54) is 19.3 Å². The number of rotatable bonds is 7. The fourth-order valence-electron chi connectivity index (χ4n) is 2.91. The van der Waals surface area contributed by atoms with Crippen molar-refractivity contribution in [2.24, 2.45) is 0 Å². The van der Waals surface area contributed by atoms with Crippen molar-refractivity contribution in [2.75, 3.05) is 31.6 Å². The topological polar surface area (TPSA) is 50.8 Å². The molecule has 1 aromatic rings. The summed E-state index contributed by atoms with van der Waals surface area (Å²) < 4.78 is 11.1. The minimum atomic E-state index is 0.0189. The standard InChI is InChI=1S/C18H28N2O3/c1-4-22-16-10-9-15(12-17(16)23-5-2)19-18(21)13-20-11-7-6-8-14(20)3/h9-10,12,14H,4-8,11,13H2,1-3H3,(H,19,21). The Kier molecular flexibility index (Phi) is 6.71. The van der Waals surface area contributed by atoms with Crippen molar-refractivity contribution >= 4 is 11.6 Å². The van der Waals surface area contributed by atoms with Gasteiger partial charge in [0.15, 0.2) is 11.5 Å². The van der Waals surface area contributed by atoms with E-state index in [-0.39, 0.29) is 5.91 Å². The molecule has 1 atom stereocenters. The molecule has 1 N–H and O–H groups in total.